The van der Waals surface area contributed by atoms with Gasteiger partial charge in [0.25, 0.3) is 0 Å². The minimum Gasteiger partial charge on any atom is -0.387 e. The lowest BCUT2D eigenvalue weighted by Gasteiger charge is -2.27. The first-order valence-electron chi connectivity index (χ1n) is 7.63. The van der Waals surface area contributed by atoms with E-state index in [-0.39, 0.29) is 24.4 Å². The van der Waals surface area contributed by atoms with Crippen molar-refractivity contribution in [1.82, 2.24) is 5.32 Å². The van der Waals surface area contributed by atoms with E-state index in [0.29, 0.717) is 27.4 Å². The molecule has 0 spiro atoms. The maximum atomic E-state index is 12.4. The molecule has 5 atom stereocenters. The Kier molecular flexibility index (Phi) is 4.64. The van der Waals surface area contributed by atoms with Gasteiger partial charge in [0.1, 0.15) is 0 Å². The van der Waals surface area contributed by atoms with Gasteiger partial charge in [0.15, 0.2) is 0 Å². The average molecular weight is 343 g/mol. The largest absolute Gasteiger partial charge is 0.387 e. The van der Waals surface area contributed by atoms with Crippen LogP contribution in [0.5, 0.6) is 0 Å². The highest BCUT2D eigenvalue weighted by atomic mass is 35.5. The molecular weight excluding hydrogens is 323 g/mol. The minimum atomic E-state index is -0.838. The third-order valence-electron chi connectivity index (χ3n) is 5.02. The van der Waals surface area contributed by atoms with Gasteiger partial charge >= 0.3 is 0 Å². The molecule has 4 nitrogen and oxygen atoms in total. The zero-order chi connectivity index (χ0) is 15.9. The summed E-state index contributed by atoms with van der Waals surface area (Å²) in [6.07, 6.45) is 2.45. The maximum absolute atomic E-state index is 12.4. The second kappa shape index (κ2) is 6.36. The van der Waals surface area contributed by atoms with Gasteiger partial charge in [-0.05, 0) is 54.9 Å². The highest BCUT2D eigenvalue weighted by Gasteiger charge is 2.48. The fraction of sp³-hybridized carbons (Fsp3) is 0.562. The average Bonchev–Trinajstić information content (AvgIpc) is 3.04. The first-order valence-corrected chi connectivity index (χ1v) is 8.38. The van der Waals surface area contributed by atoms with Crippen LogP contribution in [0.2, 0.25) is 10.0 Å². The molecular formula is C16H20Cl2N2O2. The molecule has 4 N–H and O–H groups in total. The molecule has 0 heterocycles. The molecule has 0 saturated heterocycles. The number of halogens is 2. The second-order valence-corrected chi connectivity index (χ2v) is 7.27. The number of aliphatic hydroxyl groups is 1. The van der Waals surface area contributed by atoms with Crippen LogP contribution in [-0.4, -0.2) is 23.6 Å². The van der Waals surface area contributed by atoms with Gasteiger partial charge < -0.3 is 16.2 Å². The molecule has 0 aliphatic heterocycles. The van der Waals surface area contributed by atoms with Crippen molar-refractivity contribution in [3.8, 4) is 0 Å². The number of benzene rings is 1. The van der Waals surface area contributed by atoms with Crippen molar-refractivity contribution in [2.75, 3.05) is 6.54 Å². The zero-order valence-corrected chi connectivity index (χ0v) is 13.6. The molecule has 2 aliphatic carbocycles. The summed E-state index contributed by atoms with van der Waals surface area (Å²) in [6.45, 7) is 0.135. The van der Waals surface area contributed by atoms with E-state index >= 15 is 0 Å². The molecule has 0 radical (unpaired) electrons. The lowest BCUT2D eigenvalue weighted by Crippen LogP contribution is -2.46. The Balaban J connectivity index is 1.59. The van der Waals surface area contributed by atoms with Crippen LogP contribution in [0.3, 0.4) is 0 Å². The van der Waals surface area contributed by atoms with Gasteiger partial charge in [0, 0.05) is 22.6 Å². The molecule has 2 aliphatic rings. The molecule has 0 aromatic heterocycles. The lowest BCUT2D eigenvalue weighted by atomic mass is 9.84. The number of nitrogens with one attached hydrogen (secondary N) is 1. The van der Waals surface area contributed by atoms with Gasteiger partial charge in [-0.2, -0.15) is 0 Å². The van der Waals surface area contributed by atoms with Crippen LogP contribution in [0.25, 0.3) is 0 Å². The zero-order valence-electron chi connectivity index (χ0n) is 12.1. The molecule has 5 unspecified atom stereocenters. The van der Waals surface area contributed by atoms with E-state index < -0.39 is 6.10 Å². The van der Waals surface area contributed by atoms with Gasteiger partial charge in [-0.3, -0.25) is 4.79 Å². The Hall–Kier alpha value is -0.810. The molecule has 2 fully saturated rings. The Bertz CT molecular complexity index is 559. The van der Waals surface area contributed by atoms with Gasteiger partial charge in [-0.15, -0.1) is 0 Å². The van der Waals surface area contributed by atoms with Crippen LogP contribution in [0.15, 0.2) is 18.2 Å². The number of carbonyl (C=O) groups excluding carboxylic acids is 1. The normalized spacial score (nSPS) is 31.3. The van der Waals surface area contributed by atoms with Crippen molar-refractivity contribution in [2.45, 2.75) is 31.4 Å². The van der Waals surface area contributed by atoms with Gasteiger partial charge in [0.2, 0.25) is 5.91 Å². The smallest absolute Gasteiger partial charge is 0.225 e. The summed E-state index contributed by atoms with van der Waals surface area (Å²) < 4.78 is 0. The van der Waals surface area contributed by atoms with Crippen LogP contribution in [-0.2, 0) is 4.79 Å². The Morgan fingerprint density at radius 2 is 1.91 bits per heavy atom. The Morgan fingerprint density at radius 3 is 2.50 bits per heavy atom. The first-order chi connectivity index (χ1) is 10.5. The van der Waals surface area contributed by atoms with E-state index in [4.69, 9.17) is 28.9 Å². The van der Waals surface area contributed by atoms with Crippen LogP contribution in [0.4, 0.5) is 0 Å². The fourth-order valence-corrected chi connectivity index (χ4v) is 4.47. The minimum absolute atomic E-state index is 0.0449. The number of fused-ring (bicyclic) bond motifs is 2. The van der Waals surface area contributed by atoms with Crippen molar-refractivity contribution >= 4 is 29.1 Å². The second-order valence-electron chi connectivity index (χ2n) is 6.40. The number of hydrogen-bond donors (Lipinski definition) is 3. The summed E-state index contributed by atoms with van der Waals surface area (Å²) in [6, 6.07) is 4.85. The summed E-state index contributed by atoms with van der Waals surface area (Å²) >= 11 is 11.8. The molecule has 2 bridgehead atoms. The molecule has 22 heavy (non-hydrogen) atoms. The first kappa shape index (κ1) is 16.1. The van der Waals surface area contributed by atoms with Crippen molar-refractivity contribution in [3.05, 3.63) is 33.8 Å². The molecule has 1 aromatic carbocycles. The third-order valence-corrected chi connectivity index (χ3v) is 5.46. The van der Waals surface area contributed by atoms with Crippen LogP contribution < -0.4 is 11.1 Å². The highest BCUT2D eigenvalue weighted by Crippen LogP contribution is 2.47. The Labute approximate surface area is 140 Å². The molecule has 3 rings (SSSR count). The van der Waals surface area contributed by atoms with Crippen molar-refractivity contribution in [2.24, 2.45) is 23.5 Å². The van der Waals surface area contributed by atoms with Crippen molar-refractivity contribution < 1.29 is 9.90 Å². The van der Waals surface area contributed by atoms with E-state index in [1.807, 2.05) is 0 Å². The SMILES string of the molecule is NC1C2CCC(C2)C1C(=O)NCC(O)c1cc(Cl)cc(Cl)c1. The number of rotatable bonds is 4. The number of amides is 1. The fourth-order valence-electron chi connectivity index (χ4n) is 3.93. The van der Waals surface area contributed by atoms with Crippen LogP contribution in [0.1, 0.15) is 30.9 Å². The number of hydrogen-bond acceptors (Lipinski definition) is 3. The van der Waals surface area contributed by atoms with Crippen LogP contribution in [0, 0.1) is 17.8 Å². The quantitative estimate of drug-likeness (QED) is 0.786. The van der Waals surface area contributed by atoms with Crippen molar-refractivity contribution in [3.63, 3.8) is 0 Å². The summed E-state index contributed by atoms with van der Waals surface area (Å²) in [4.78, 5) is 12.4. The monoisotopic (exact) mass is 342 g/mol. The topological polar surface area (TPSA) is 75.4 Å². The van der Waals surface area contributed by atoms with Gasteiger partial charge in [-0.1, -0.05) is 23.2 Å². The van der Waals surface area contributed by atoms with Gasteiger partial charge in [0.05, 0.1) is 12.0 Å². The van der Waals surface area contributed by atoms with Crippen molar-refractivity contribution in [1.29, 1.82) is 0 Å². The molecule has 1 amide bonds. The van der Waals surface area contributed by atoms with Crippen LogP contribution >= 0.6 is 23.2 Å². The van der Waals surface area contributed by atoms with Gasteiger partial charge in [-0.25, -0.2) is 0 Å². The van der Waals surface area contributed by atoms with E-state index in [0.717, 1.165) is 19.3 Å². The molecule has 1 aromatic rings. The molecule has 6 heteroatoms. The van der Waals surface area contributed by atoms with E-state index in [2.05, 4.69) is 5.32 Å². The Morgan fingerprint density at radius 1 is 1.27 bits per heavy atom. The predicted octanol–water partition coefficient (Wildman–Crippen LogP) is 2.52. The number of aliphatic hydroxyl groups excluding tert-OH is 1. The summed E-state index contributed by atoms with van der Waals surface area (Å²) in [5.74, 6) is 0.718. The van der Waals surface area contributed by atoms with E-state index in [1.54, 1.807) is 18.2 Å². The van der Waals surface area contributed by atoms with E-state index in [1.165, 1.54) is 0 Å². The summed E-state index contributed by atoms with van der Waals surface area (Å²) in [5, 5.41) is 13.9. The van der Waals surface area contributed by atoms with E-state index in [9.17, 15) is 9.90 Å². The number of carbonyl (C=O) groups is 1. The standard InChI is InChI=1S/C16H20Cl2N2O2/c17-11-4-10(5-12(18)6-11)13(21)7-20-16(22)14-8-1-2-9(3-8)15(14)19/h4-6,8-9,13-15,21H,1-3,7,19H2,(H,20,22). The maximum Gasteiger partial charge on any atom is 0.225 e. The third kappa shape index (κ3) is 3.11. The predicted molar refractivity (Wildman–Crippen MR) is 86.7 cm³/mol. The highest BCUT2D eigenvalue weighted by molar-refractivity contribution is 6.34. The summed E-state index contributed by atoms with van der Waals surface area (Å²) in [7, 11) is 0. The molecule has 120 valence electrons. The number of nitrogens with two attached hydrogens (primary N) is 1. The lowest BCUT2D eigenvalue weighted by molar-refractivity contribution is -0.127. The molecule has 2 saturated carbocycles. The summed E-state index contributed by atoms with van der Waals surface area (Å²) in [5.41, 5.74) is 6.76.